The maximum atomic E-state index is 12.3. The van der Waals surface area contributed by atoms with Crippen LogP contribution in [0.3, 0.4) is 0 Å². The second kappa shape index (κ2) is 8.53. The zero-order valence-corrected chi connectivity index (χ0v) is 16.4. The van der Waals surface area contributed by atoms with E-state index in [2.05, 4.69) is 15.0 Å². The molecule has 1 aromatic heterocycles. The van der Waals surface area contributed by atoms with E-state index in [4.69, 9.17) is 9.47 Å². The van der Waals surface area contributed by atoms with Crippen LogP contribution in [0, 0.1) is 10.1 Å². The normalized spacial score (nSPS) is 18.8. The summed E-state index contributed by atoms with van der Waals surface area (Å²) < 4.78 is 52.8. The quantitative estimate of drug-likeness (QED) is 0.488. The molecule has 1 N–H and O–H groups in total. The van der Waals surface area contributed by atoms with Crippen molar-refractivity contribution in [2.45, 2.75) is 25.1 Å². The van der Waals surface area contributed by atoms with Gasteiger partial charge in [0.1, 0.15) is 30.4 Å². The number of benzene rings is 1. The summed E-state index contributed by atoms with van der Waals surface area (Å²) in [7, 11) is 0. The molecule has 0 spiro atoms. The first kappa shape index (κ1) is 21.7. The predicted octanol–water partition coefficient (Wildman–Crippen LogP) is 1.33. The van der Waals surface area contributed by atoms with E-state index in [-0.39, 0.29) is 48.8 Å². The van der Waals surface area contributed by atoms with Crippen LogP contribution < -0.4 is 19.5 Å². The highest BCUT2D eigenvalue weighted by Crippen LogP contribution is 2.26. The number of carbonyl (C=O) groups excluding carboxylic acids is 1. The molecule has 2 aliphatic rings. The Kier molecular flexibility index (Phi) is 5.78. The number of imidazole rings is 1. The highest BCUT2D eigenvalue weighted by atomic mass is 19.4. The number of amides is 1. The molecule has 1 unspecified atom stereocenters. The Balaban J connectivity index is 1.18. The highest BCUT2D eigenvalue weighted by Gasteiger charge is 2.33. The van der Waals surface area contributed by atoms with Gasteiger partial charge in [-0.15, -0.1) is 13.2 Å². The standard InChI is InChI=1S/C18H18F3N5O6/c19-18(20,21)32-13-3-1-12(2-4-13)31-14-6-24(7-14)9-16(27)22-11-5-25-8-15(26(28)29)23-17(25)30-10-11/h1-4,8,11,14H,5-7,9-10H2,(H,22,27). The van der Waals surface area contributed by atoms with E-state index in [0.29, 0.717) is 25.4 Å². The first-order chi connectivity index (χ1) is 15.1. The fraction of sp³-hybridized carbons (Fsp3) is 0.444. The largest absolute Gasteiger partial charge is 0.573 e. The van der Waals surface area contributed by atoms with Crippen LogP contribution in [0.2, 0.25) is 0 Å². The number of hydrogen-bond donors (Lipinski definition) is 1. The zero-order chi connectivity index (χ0) is 22.9. The van der Waals surface area contributed by atoms with Crippen molar-refractivity contribution in [1.82, 2.24) is 19.8 Å². The smallest absolute Gasteiger partial charge is 0.488 e. The summed E-state index contributed by atoms with van der Waals surface area (Å²) >= 11 is 0. The van der Waals surface area contributed by atoms with Crippen molar-refractivity contribution in [3.63, 3.8) is 0 Å². The molecule has 32 heavy (non-hydrogen) atoms. The molecule has 0 aliphatic carbocycles. The van der Waals surface area contributed by atoms with Crippen LogP contribution in [0.1, 0.15) is 0 Å². The molecule has 1 fully saturated rings. The molecule has 3 heterocycles. The van der Waals surface area contributed by atoms with Crippen LogP contribution in [0.5, 0.6) is 17.5 Å². The molecule has 0 saturated carbocycles. The van der Waals surface area contributed by atoms with Crippen LogP contribution in [0.15, 0.2) is 30.5 Å². The summed E-state index contributed by atoms with van der Waals surface area (Å²) in [6.45, 7) is 1.55. The number of fused-ring (bicyclic) bond motifs is 1. The van der Waals surface area contributed by atoms with E-state index in [1.807, 2.05) is 4.90 Å². The Morgan fingerprint density at radius 1 is 1.25 bits per heavy atom. The molecule has 0 bridgehead atoms. The van der Waals surface area contributed by atoms with E-state index in [0.717, 1.165) is 0 Å². The van der Waals surface area contributed by atoms with E-state index in [9.17, 15) is 28.1 Å². The Hall–Kier alpha value is -3.55. The molecule has 1 saturated heterocycles. The summed E-state index contributed by atoms with van der Waals surface area (Å²) in [5.74, 6) is -0.482. The van der Waals surface area contributed by atoms with E-state index in [1.54, 1.807) is 0 Å². The number of alkyl halides is 3. The minimum Gasteiger partial charge on any atom is -0.488 e. The van der Waals surface area contributed by atoms with Crippen molar-refractivity contribution in [1.29, 1.82) is 0 Å². The minimum absolute atomic E-state index is 0.131. The number of aromatic nitrogens is 2. The van der Waals surface area contributed by atoms with Crippen LogP contribution in [-0.2, 0) is 11.3 Å². The summed E-state index contributed by atoms with van der Waals surface area (Å²) in [4.78, 5) is 28.0. The van der Waals surface area contributed by atoms with Crippen LogP contribution in [0.4, 0.5) is 19.0 Å². The highest BCUT2D eigenvalue weighted by molar-refractivity contribution is 5.78. The molecule has 14 heteroatoms. The molecule has 2 aliphatic heterocycles. The lowest BCUT2D eigenvalue weighted by molar-refractivity contribution is -0.389. The topological polar surface area (TPSA) is 121 Å². The van der Waals surface area contributed by atoms with Gasteiger partial charge in [0.2, 0.25) is 5.91 Å². The molecular formula is C18H18F3N5O6. The Morgan fingerprint density at radius 2 is 1.94 bits per heavy atom. The number of nitrogens with zero attached hydrogens (tertiary/aromatic N) is 4. The van der Waals surface area contributed by atoms with Gasteiger partial charge in [0, 0.05) is 18.1 Å². The number of hydrogen-bond acceptors (Lipinski definition) is 8. The van der Waals surface area contributed by atoms with Gasteiger partial charge in [-0.2, -0.15) is 0 Å². The maximum absolute atomic E-state index is 12.3. The van der Waals surface area contributed by atoms with Crippen molar-refractivity contribution in [2.75, 3.05) is 26.2 Å². The van der Waals surface area contributed by atoms with Gasteiger partial charge in [0.05, 0.1) is 19.1 Å². The summed E-state index contributed by atoms with van der Waals surface area (Å²) in [6, 6.07) is 4.89. The molecule has 1 atom stereocenters. The lowest BCUT2D eigenvalue weighted by Gasteiger charge is -2.38. The Bertz CT molecular complexity index is 990. The lowest BCUT2D eigenvalue weighted by Crippen LogP contribution is -2.57. The summed E-state index contributed by atoms with van der Waals surface area (Å²) in [5, 5.41) is 13.6. The summed E-state index contributed by atoms with van der Waals surface area (Å²) in [6.07, 6.45) is -3.68. The molecule has 172 valence electrons. The van der Waals surface area contributed by atoms with E-state index < -0.39 is 11.3 Å². The van der Waals surface area contributed by atoms with Gasteiger partial charge < -0.3 is 29.6 Å². The SMILES string of the molecule is O=C(CN1CC(Oc2ccc(OC(F)(F)F)cc2)C1)NC1COc2nc([N+](=O)[O-])cn2C1. The van der Waals surface area contributed by atoms with Crippen molar-refractivity contribution in [3.8, 4) is 17.5 Å². The average Bonchev–Trinajstić information content (AvgIpc) is 3.10. The van der Waals surface area contributed by atoms with Crippen LogP contribution >= 0.6 is 0 Å². The zero-order valence-electron chi connectivity index (χ0n) is 16.4. The third kappa shape index (κ3) is 5.38. The second-order valence-electron chi connectivity index (χ2n) is 7.32. The predicted molar refractivity (Wildman–Crippen MR) is 100 cm³/mol. The molecular weight excluding hydrogens is 439 g/mol. The van der Waals surface area contributed by atoms with Gasteiger partial charge in [-0.25, -0.2) is 0 Å². The fourth-order valence-electron chi connectivity index (χ4n) is 3.39. The third-order valence-corrected chi connectivity index (χ3v) is 4.76. The van der Waals surface area contributed by atoms with Gasteiger partial charge in [0.15, 0.2) is 0 Å². The summed E-state index contributed by atoms with van der Waals surface area (Å²) in [5.41, 5.74) is 0. The van der Waals surface area contributed by atoms with Gasteiger partial charge in [0.25, 0.3) is 0 Å². The fourth-order valence-corrected chi connectivity index (χ4v) is 3.39. The lowest BCUT2D eigenvalue weighted by atomic mass is 10.1. The molecule has 11 nitrogen and oxygen atoms in total. The van der Waals surface area contributed by atoms with Gasteiger partial charge in [-0.05, 0) is 29.2 Å². The van der Waals surface area contributed by atoms with Crippen molar-refractivity contribution >= 4 is 11.7 Å². The number of nitro groups is 1. The van der Waals surface area contributed by atoms with Gasteiger partial charge in [-0.1, -0.05) is 0 Å². The molecule has 1 aromatic carbocycles. The van der Waals surface area contributed by atoms with Crippen molar-refractivity contribution in [3.05, 3.63) is 40.6 Å². The van der Waals surface area contributed by atoms with E-state index >= 15 is 0 Å². The molecule has 1 amide bonds. The van der Waals surface area contributed by atoms with Crippen molar-refractivity contribution in [2.24, 2.45) is 0 Å². The Morgan fingerprint density at radius 3 is 2.59 bits per heavy atom. The number of ether oxygens (including phenoxy) is 3. The van der Waals surface area contributed by atoms with Gasteiger partial charge in [-0.3, -0.25) is 14.3 Å². The van der Waals surface area contributed by atoms with E-state index in [1.165, 1.54) is 35.0 Å². The van der Waals surface area contributed by atoms with Crippen LogP contribution in [0.25, 0.3) is 0 Å². The van der Waals surface area contributed by atoms with Crippen LogP contribution in [-0.4, -0.2) is 70.0 Å². The monoisotopic (exact) mass is 457 g/mol. The van der Waals surface area contributed by atoms with Crippen molar-refractivity contribution < 1.29 is 37.1 Å². The minimum atomic E-state index is -4.75. The average molecular weight is 457 g/mol. The first-order valence-electron chi connectivity index (χ1n) is 9.53. The van der Waals surface area contributed by atoms with Gasteiger partial charge >= 0.3 is 18.2 Å². The molecule has 0 radical (unpaired) electrons. The first-order valence-corrected chi connectivity index (χ1v) is 9.53. The maximum Gasteiger partial charge on any atom is 0.573 e. The molecule has 2 aromatic rings. The number of carbonyl (C=O) groups is 1. The second-order valence-corrected chi connectivity index (χ2v) is 7.32. The number of halogens is 3. The number of likely N-dealkylation sites (tertiary alicyclic amines) is 1. The number of rotatable bonds is 7. The number of nitrogens with one attached hydrogen (secondary N) is 1. The third-order valence-electron chi connectivity index (χ3n) is 4.76. The Labute approximate surface area is 178 Å². The molecule has 4 rings (SSSR count).